The Morgan fingerprint density at radius 3 is 0.870 bits per heavy atom. The number of amides is 4. The Morgan fingerprint density at radius 2 is 0.667 bits per heavy atom. The molecular weight excluding hydrogens is 692 g/mol. The van der Waals surface area contributed by atoms with Gasteiger partial charge in [0.05, 0.1) is 37.6 Å². The molecule has 4 amide bonds. The molecule has 294 valence electrons. The largest absolute Gasteiger partial charge is 0.443 e. The first-order valence-electron chi connectivity index (χ1n) is 18.2. The lowest BCUT2D eigenvalue weighted by atomic mass is 10.0. The lowest BCUT2D eigenvalue weighted by molar-refractivity contribution is 0.0351. The molecule has 0 atom stereocenters. The van der Waals surface area contributed by atoms with E-state index in [2.05, 4.69) is 0 Å². The Bertz CT molecular complexity index is 1540. The molecule has 2 aliphatic rings. The van der Waals surface area contributed by atoms with Crippen LogP contribution in [-0.2, 0) is 31.8 Å². The number of guanidine groups is 2. The fraction of sp³-hybridized carbons (Fsp3) is 0.550. The summed E-state index contributed by atoms with van der Waals surface area (Å²) in [6.07, 6.45) is -0.902. The van der Waals surface area contributed by atoms with Gasteiger partial charge in [-0.25, -0.2) is 48.8 Å². The number of aryl methyl sites for hydroxylation is 2. The second-order valence-electron chi connectivity index (χ2n) is 17.2. The molecule has 0 aromatic heterocycles. The fourth-order valence-electron chi connectivity index (χ4n) is 5.29. The molecule has 14 heteroatoms. The minimum absolute atomic E-state index is 0.149. The molecule has 2 aromatic carbocycles. The van der Waals surface area contributed by atoms with Crippen LogP contribution in [0.3, 0.4) is 0 Å². The van der Waals surface area contributed by atoms with Crippen LogP contribution >= 0.6 is 0 Å². The summed E-state index contributed by atoms with van der Waals surface area (Å²) in [4.78, 5) is 67.1. The van der Waals surface area contributed by atoms with Crippen molar-refractivity contribution in [3.63, 3.8) is 0 Å². The van der Waals surface area contributed by atoms with E-state index in [-0.39, 0.29) is 38.1 Å². The van der Waals surface area contributed by atoms with Crippen LogP contribution < -0.4 is 0 Å². The van der Waals surface area contributed by atoms with E-state index in [1.807, 2.05) is 48.5 Å². The summed E-state index contributed by atoms with van der Waals surface area (Å²) < 4.78 is 22.4. The van der Waals surface area contributed by atoms with Gasteiger partial charge in [-0.2, -0.15) is 0 Å². The number of aliphatic imine (C=N–C) groups is 2. The highest BCUT2D eigenvalue weighted by molar-refractivity contribution is 6.05. The monoisotopic (exact) mass is 748 g/mol. The van der Waals surface area contributed by atoms with Gasteiger partial charge in [-0.3, -0.25) is 0 Å². The zero-order valence-electron chi connectivity index (χ0n) is 33.8. The molecule has 2 aliphatic heterocycles. The highest BCUT2D eigenvalue weighted by Gasteiger charge is 2.41. The molecule has 0 saturated carbocycles. The topological polar surface area (TPSA) is 143 Å². The molecular formula is C40H56N6O8. The molecule has 54 heavy (non-hydrogen) atoms. The smallest absolute Gasteiger partial charge is 0.417 e. The van der Waals surface area contributed by atoms with E-state index in [1.165, 1.54) is 19.6 Å². The molecule has 4 rings (SSSR count). The molecule has 2 heterocycles. The van der Waals surface area contributed by atoms with Gasteiger partial charge < -0.3 is 18.9 Å². The maximum atomic E-state index is 13.1. The molecule has 0 spiro atoms. The minimum atomic E-state index is -0.723. The van der Waals surface area contributed by atoms with E-state index in [4.69, 9.17) is 28.9 Å². The number of carbonyl (C=O) groups excluding carboxylic acids is 4. The highest BCUT2D eigenvalue weighted by Crippen LogP contribution is 2.25. The van der Waals surface area contributed by atoms with Crippen molar-refractivity contribution in [2.75, 3.05) is 26.2 Å². The van der Waals surface area contributed by atoms with Gasteiger partial charge in [0.15, 0.2) is 0 Å². The van der Waals surface area contributed by atoms with E-state index in [0.29, 0.717) is 11.4 Å². The van der Waals surface area contributed by atoms with Crippen LogP contribution in [0.1, 0.15) is 94.2 Å². The Hall–Kier alpha value is -5.14. The van der Waals surface area contributed by atoms with Gasteiger partial charge in [0.1, 0.15) is 22.4 Å². The molecule has 14 nitrogen and oxygen atoms in total. The molecule has 0 bridgehead atoms. The Balaban J connectivity index is 1.48. The SMILES string of the molecule is CC(C)(C)OC(=O)N1CCN(C(=O)OC(C)(C)C)C1=Nc1ccc(CCc2ccc(N=C3N(C(=O)OC(C)(C)C)CCN3C(=O)OC(C)(C)C)cc2)cc1. The third-order valence-electron chi connectivity index (χ3n) is 7.55. The van der Waals surface area contributed by atoms with E-state index < -0.39 is 46.8 Å². The maximum Gasteiger partial charge on any atom is 0.417 e. The number of rotatable bonds is 5. The molecule has 0 N–H and O–H groups in total. The number of ether oxygens (including phenoxy) is 4. The predicted molar refractivity (Wildman–Crippen MR) is 206 cm³/mol. The number of hydrogen-bond donors (Lipinski definition) is 0. The van der Waals surface area contributed by atoms with Gasteiger partial charge in [-0.15, -0.1) is 0 Å². The molecule has 0 radical (unpaired) electrons. The van der Waals surface area contributed by atoms with Crippen molar-refractivity contribution in [1.29, 1.82) is 0 Å². The Kier molecular flexibility index (Phi) is 12.4. The average molecular weight is 749 g/mol. The third-order valence-corrected chi connectivity index (χ3v) is 7.55. The lowest BCUT2D eigenvalue weighted by Gasteiger charge is -2.27. The predicted octanol–water partition coefficient (Wildman–Crippen LogP) is 8.42. The van der Waals surface area contributed by atoms with Gasteiger partial charge in [-0.1, -0.05) is 24.3 Å². The van der Waals surface area contributed by atoms with Crippen LogP contribution in [0.2, 0.25) is 0 Å². The first-order chi connectivity index (χ1) is 24.9. The van der Waals surface area contributed by atoms with Gasteiger partial charge in [0, 0.05) is 0 Å². The van der Waals surface area contributed by atoms with Crippen molar-refractivity contribution in [2.45, 2.75) is 118 Å². The van der Waals surface area contributed by atoms with Crippen LogP contribution in [0, 0.1) is 0 Å². The van der Waals surface area contributed by atoms with E-state index in [1.54, 1.807) is 83.1 Å². The van der Waals surface area contributed by atoms with E-state index in [0.717, 1.165) is 24.0 Å². The normalized spacial score (nSPS) is 15.3. The lowest BCUT2D eigenvalue weighted by Crippen LogP contribution is -2.44. The van der Waals surface area contributed by atoms with Crippen LogP contribution in [0.15, 0.2) is 58.5 Å². The average Bonchev–Trinajstić information content (AvgIpc) is 3.63. The molecule has 2 fully saturated rings. The van der Waals surface area contributed by atoms with Crippen LogP contribution in [0.5, 0.6) is 0 Å². The minimum Gasteiger partial charge on any atom is -0.443 e. The Labute approximate surface area is 319 Å². The second-order valence-corrected chi connectivity index (χ2v) is 17.2. The van der Waals surface area contributed by atoms with E-state index in [9.17, 15) is 19.2 Å². The quantitative estimate of drug-likeness (QED) is 0.278. The van der Waals surface area contributed by atoms with Crippen LogP contribution in [0.4, 0.5) is 30.6 Å². The van der Waals surface area contributed by atoms with Crippen molar-refractivity contribution < 1.29 is 38.1 Å². The third kappa shape index (κ3) is 12.2. The molecule has 2 saturated heterocycles. The van der Waals surface area contributed by atoms with Crippen molar-refractivity contribution >= 4 is 47.7 Å². The van der Waals surface area contributed by atoms with Crippen molar-refractivity contribution in [3.8, 4) is 0 Å². The van der Waals surface area contributed by atoms with E-state index >= 15 is 0 Å². The van der Waals surface area contributed by atoms with Crippen molar-refractivity contribution in [1.82, 2.24) is 19.6 Å². The summed E-state index contributed by atoms with van der Waals surface area (Å²) in [6.45, 7) is 22.3. The number of benzene rings is 2. The summed E-state index contributed by atoms with van der Waals surface area (Å²) >= 11 is 0. The molecule has 2 aromatic rings. The summed E-state index contributed by atoms with van der Waals surface area (Å²) in [5, 5.41) is 0. The summed E-state index contributed by atoms with van der Waals surface area (Å²) in [6, 6.07) is 15.2. The maximum absolute atomic E-state index is 13.1. The van der Waals surface area contributed by atoms with Crippen molar-refractivity contribution in [2.24, 2.45) is 9.98 Å². The van der Waals surface area contributed by atoms with Gasteiger partial charge in [0.25, 0.3) is 0 Å². The van der Waals surface area contributed by atoms with Crippen molar-refractivity contribution in [3.05, 3.63) is 59.7 Å². The summed E-state index contributed by atoms with van der Waals surface area (Å²) in [5.41, 5.74) is 0.364. The number of nitrogens with zero attached hydrogens (tertiary/aromatic N) is 6. The van der Waals surface area contributed by atoms with Crippen LogP contribution in [0.25, 0.3) is 0 Å². The summed E-state index contributed by atoms with van der Waals surface area (Å²) in [7, 11) is 0. The number of carbonyl (C=O) groups is 4. The number of hydrogen-bond acceptors (Lipinski definition) is 10. The fourth-order valence-corrected chi connectivity index (χ4v) is 5.29. The first kappa shape index (κ1) is 41.6. The Morgan fingerprint density at radius 1 is 0.444 bits per heavy atom. The summed E-state index contributed by atoms with van der Waals surface area (Å²) in [5.74, 6) is 0.298. The first-order valence-corrected chi connectivity index (χ1v) is 18.2. The molecule has 0 unspecified atom stereocenters. The van der Waals surface area contributed by atoms with Gasteiger partial charge >= 0.3 is 24.4 Å². The standard InChI is InChI=1S/C40H56N6O8/c1-37(2,3)51-33(47)43-23-24-44(34(48)52-38(4,5)6)31(43)41-29-19-15-27(16-20-29)13-14-28-17-21-30(22-18-28)42-32-45(35(49)53-39(7,8)9)25-26-46(32)36(50)54-40(10,11)12/h15-22H,13-14,23-26H2,1-12H3. The molecule has 0 aliphatic carbocycles. The van der Waals surface area contributed by atoms with Gasteiger partial charge in [-0.05, 0) is 131 Å². The highest BCUT2D eigenvalue weighted by atomic mass is 16.6. The van der Waals surface area contributed by atoms with Gasteiger partial charge in [0.2, 0.25) is 11.9 Å². The zero-order valence-corrected chi connectivity index (χ0v) is 33.8. The second kappa shape index (κ2) is 16.1. The zero-order chi connectivity index (χ0) is 40.2. The van der Waals surface area contributed by atoms with Crippen LogP contribution in [-0.4, -0.2) is 104 Å².